The van der Waals surface area contributed by atoms with E-state index in [-0.39, 0.29) is 24.9 Å². The Balaban J connectivity index is 1.95. The van der Waals surface area contributed by atoms with Crippen LogP contribution in [-0.2, 0) is 16.6 Å². The lowest BCUT2D eigenvalue weighted by Gasteiger charge is -2.25. The molecule has 19 heavy (non-hydrogen) atoms. The van der Waals surface area contributed by atoms with E-state index in [0.717, 1.165) is 17.1 Å². The molecule has 0 unspecified atom stereocenters. The fraction of sp³-hybridized carbons (Fsp3) is 0.583. The average Bonchev–Trinajstić information content (AvgIpc) is 2.56. The van der Waals surface area contributed by atoms with Crippen molar-refractivity contribution >= 4 is 17.5 Å². The predicted octanol–water partition coefficient (Wildman–Crippen LogP) is -0.593. The summed E-state index contributed by atoms with van der Waals surface area (Å²) in [5.41, 5.74) is 2.47. The van der Waals surface area contributed by atoms with Crippen molar-refractivity contribution in [2.24, 2.45) is 7.05 Å². The Morgan fingerprint density at radius 2 is 2.21 bits per heavy atom. The van der Waals surface area contributed by atoms with Crippen LogP contribution in [0, 0.1) is 13.8 Å². The summed E-state index contributed by atoms with van der Waals surface area (Å²) in [6.45, 7) is 5.56. The Hall–Kier alpha value is -1.89. The molecule has 2 N–H and O–H groups in total. The highest BCUT2D eigenvalue weighted by Gasteiger charge is 2.19. The smallest absolute Gasteiger partial charge is 0.238 e. The monoisotopic (exact) mass is 265 g/mol. The Kier molecular flexibility index (Phi) is 3.84. The maximum absolute atomic E-state index is 12.0. The van der Waals surface area contributed by atoms with Gasteiger partial charge in [-0.3, -0.25) is 19.2 Å². The van der Waals surface area contributed by atoms with E-state index in [1.165, 1.54) is 0 Å². The van der Waals surface area contributed by atoms with Crippen molar-refractivity contribution in [3.63, 3.8) is 0 Å². The van der Waals surface area contributed by atoms with Crippen LogP contribution in [0.1, 0.15) is 11.4 Å². The van der Waals surface area contributed by atoms with Crippen molar-refractivity contribution in [2.75, 3.05) is 31.5 Å². The van der Waals surface area contributed by atoms with Crippen molar-refractivity contribution < 1.29 is 9.59 Å². The molecule has 0 spiro atoms. The minimum atomic E-state index is -0.117. The SMILES string of the molecule is Cc1nn(C)c(C)c1NC(=O)CN1CCNC(=O)C1. The van der Waals surface area contributed by atoms with Gasteiger partial charge in [0.2, 0.25) is 11.8 Å². The van der Waals surface area contributed by atoms with E-state index in [9.17, 15) is 9.59 Å². The molecule has 1 aromatic heterocycles. The third-order valence-electron chi connectivity index (χ3n) is 3.26. The Morgan fingerprint density at radius 3 is 2.79 bits per heavy atom. The molecule has 1 aromatic rings. The number of rotatable bonds is 3. The van der Waals surface area contributed by atoms with Crippen molar-refractivity contribution in [1.29, 1.82) is 0 Å². The van der Waals surface area contributed by atoms with Crippen LogP contribution in [0.3, 0.4) is 0 Å². The normalized spacial score (nSPS) is 16.3. The molecular formula is C12H19N5O2. The summed E-state index contributed by atoms with van der Waals surface area (Å²) >= 11 is 0. The molecule has 0 atom stereocenters. The van der Waals surface area contributed by atoms with Crippen molar-refractivity contribution in [3.05, 3.63) is 11.4 Å². The van der Waals surface area contributed by atoms with Crippen molar-refractivity contribution in [3.8, 4) is 0 Å². The van der Waals surface area contributed by atoms with Gasteiger partial charge in [-0.2, -0.15) is 5.10 Å². The van der Waals surface area contributed by atoms with E-state index < -0.39 is 0 Å². The minimum Gasteiger partial charge on any atom is -0.354 e. The molecule has 1 aliphatic heterocycles. The Labute approximate surface area is 111 Å². The molecule has 7 nitrogen and oxygen atoms in total. The first kappa shape index (κ1) is 13.5. The highest BCUT2D eigenvalue weighted by molar-refractivity contribution is 5.93. The minimum absolute atomic E-state index is 0.0345. The predicted molar refractivity (Wildman–Crippen MR) is 70.8 cm³/mol. The van der Waals surface area contributed by atoms with Crippen LogP contribution in [0.25, 0.3) is 0 Å². The Bertz CT molecular complexity index is 508. The third-order valence-corrected chi connectivity index (χ3v) is 3.26. The van der Waals surface area contributed by atoms with Crippen molar-refractivity contribution in [2.45, 2.75) is 13.8 Å². The molecule has 1 saturated heterocycles. The van der Waals surface area contributed by atoms with E-state index in [4.69, 9.17) is 0 Å². The zero-order chi connectivity index (χ0) is 14.0. The second-order valence-electron chi connectivity index (χ2n) is 4.78. The van der Waals surface area contributed by atoms with Gasteiger partial charge in [0.15, 0.2) is 0 Å². The van der Waals surface area contributed by atoms with Gasteiger partial charge in [-0.15, -0.1) is 0 Å². The lowest BCUT2D eigenvalue weighted by atomic mass is 10.3. The number of nitrogens with zero attached hydrogens (tertiary/aromatic N) is 3. The van der Waals surface area contributed by atoms with E-state index >= 15 is 0 Å². The molecule has 1 fully saturated rings. The largest absolute Gasteiger partial charge is 0.354 e. The van der Waals surface area contributed by atoms with Gasteiger partial charge >= 0.3 is 0 Å². The third kappa shape index (κ3) is 3.11. The highest BCUT2D eigenvalue weighted by Crippen LogP contribution is 2.18. The van der Waals surface area contributed by atoms with Gasteiger partial charge in [0.25, 0.3) is 0 Å². The summed E-state index contributed by atoms with van der Waals surface area (Å²) in [4.78, 5) is 25.0. The molecule has 0 aromatic carbocycles. The molecule has 0 radical (unpaired) electrons. The van der Waals surface area contributed by atoms with Crippen LogP contribution < -0.4 is 10.6 Å². The summed E-state index contributed by atoms with van der Waals surface area (Å²) in [7, 11) is 1.84. The lowest BCUT2D eigenvalue weighted by molar-refractivity contribution is -0.125. The molecule has 0 bridgehead atoms. The number of piperazine rings is 1. The van der Waals surface area contributed by atoms with E-state index in [2.05, 4.69) is 15.7 Å². The van der Waals surface area contributed by atoms with Crippen LogP contribution >= 0.6 is 0 Å². The van der Waals surface area contributed by atoms with Crippen LogP contribution in [0.5, 0.6) is 0 Å². The first-order valence-corrected chi connectivity index (χ1v) is 6.26. The van der Waals surface area contributed by atoms with E-state index in [1.54, 1.807) is 4.68 Å². The fourth-order valence-corrected chi connectivity index (χ4v) is 2.16. The number of aromatic nitrogens is 2. The summed E-state index contributed by atoms with van der Waals surface area (Å²) in [6.07, 6.45) is 0. The number of carbonyl (C=O) groups excluding carboxylic acids is 2. The number of nitrogens with one attached hydrogen (secondary N) is 2. The highest BCUT2D eigenvalue weighted by atomic mass is 16.2. The van der Waals surface area contributed by atoms with E-state index in [1.807, 2.05) is 25.8 Å². The maximum atomic E-state index is 12.0. The first-order valence-electron chi connectivity index (χ1n) is 6.26. The second-order valence-corrected chi connectivity index (χ2v) is 4.78. The standard InChI is InChI=1S/C12H19N5O2/c1-8-12(9(2)16(3)15-8)14-11(19)7-17-5-4-13-10(18)6-17/h4-7H2,1-3H3,(H,13,18)(H,14,19). The van der Waals surface area contributed by atoms with Gasteiger partial charge in [0.1, 0.15) is 0 Å². The van der Waals surface area contributed by atoms with Gasteiger partial charge in [0.05, 0.1) is 30.2 Å². The summed E-state index contributed by atoms with van der Waals surface area (Å²) in [6, 6.07) is 0. The molecule has 2 amide bonds. The number of aryl methyl sites for hydroxylation is 2. The average molecular weight is 265 g/mol. The summed E-state index contributed by atoms with van der Waals surface area (Å²) < 4.78 is 1.74. The van der Waals surface area contributed by atoms with E-state index in [0.29, 0.717) is 13.1 Å². The van der Waals surface area contributed by atoms with Gasteiger partial charge in [-0.05, 0) is 13.8 Å². The van der Waals surface area contributed by atoms with Gasteiger partial charge < -0.3 is 10.6 Å². The molecule has 0 aliphatic carbocycles. The number of carbonyl (C=O) groups is 2. The zero-order valence-corrected chi connectivity index (χ0v) is 11.5. The summed E-state index contributed by atoms with van der Waals surface area (Å²) in [5, 5.41) is 9.84. The molecule has 0 saturated carbocycles. The molecule has 2 rings (SSSR count). The van der Waals surface area contributed by atoms with Crippen LogP contribution in [0.4, 0.5) is 5.69 Å². The zero-order valence-electron chi connectivity index (χ0n) is 11.5. The molecule has 7 heteroatoms. The second kappa shape index (κ2) is 5.40. The lowest BCUT2D eigenvalue weighted by Crippen LogP contribution is -2.49. The number of anilines is 1. The van der Waals surface area contributed by atoms with Crippen LogP contribution in [0.15, 0.2) is 0 Å². The van der Waals surface area contributed by atoms with Crippen LogP contribution in [0.2, 0.25) is 0 Å². The number of amides is 2. The van der Waals surface area contributed by atoms with Crippen LogP contribution in [-0.4, -0.2) is 52.7 Å². The quantitative estimate of drug-likeness (QED) is 0.765. The molecule has 1 aliphatic rings. The molecular weight excluding hydrogens is 246 g/mol. The molecule has 104 valence electrons. The van der Waals surface area contributed by atoms with Gasteiger partial charge in [-0.25, -0.2) is 0 Å². The molecule has 2 heterocycles. The maximum Gasteiger partial charge on any atom is 0.238 e. The fourth-order valence-electron chi connectivity index (χ4n) is 2.16. The topological polar surface area (TPSA) is 79.3 Å². The van der Waals surface area contributed by atoms with Gasteiger partial charge in [-0.1, -0.05) is 0 Å². The first-order chi connectivity index (χ1) is 8.97. The van der Waals surface area contributed by atoms with Gasteiger partial charge in [0, 0.05) is 20.1 Å². The number of hydrogen-bond acceptors (Lipinski definition) is 4. The summed E-state index contributed by atoms with van der Waals surface area (Å²) in [5.74, 6) is -0.151. The van der Waals surface area contributed by atoms with Crippen molar-refractivity contribution in [1.82, 2.24) is 20.0 Å². The number of hydrogen-bond donors (Lipinski definition) is 2. The Morgan fingerprint density at radius 1 is 1.47 bits per heavy atom.